The monoisotopic (exact) mass is 355 g/mol. The quantitative estimate of drug-likeness (QED) is 0.803. The molecule has 1 aliphatic rings. The molecule has 0 aliphatic carbocycles. The number of amides is 1. The van der Waals surface area contributed by atoms with Gasteiger partial charge < -0.3 is 14.8 Å². The predicted octanol–water partition coefficient (Wildman–Crippen LogP) is 4.78. The van der Waals surface area contributed by atoms with Crippen LogP contribution in [0.2, 0.25) is 0 Å². The number of carbonyl (C=O) groups excluding carboxylic acids is 1. The van der Waals surface area contributed by atoms with Crippen LogP contribution in [-0.2, 0) is 16.1 Å². The SMILES string of the molecule is Cc1cccc(C(C)C)c1NC(=O)/C=C/c1cc(F)cc2c1OCOC2. The van der Waals surface area contributed by atoms with Crippen molar-refractivity contribution in [3.8, 4) is 5.75 Å². The van der Waals surface area contributed by atoms with Gasteiger partial charge in [0, 0.05) is 22.9 Å². The molecule has 2 aromatic carbocycles. The first kappa shape index (κ1) is 18.1. The van der Waals surface area contributed by atoms with Crippen molar-refractivity contribution in [2.45, 2.75) is 33.3 Å². The van der Waals surface area contributed by atoms with E-state index in [-0.39, 0.29) is 24.4 Å². The van der Waals surface area contributed by atoms with Gasteiger partial charge in [-0.05, 0) is 42.2 Å². The Morgan fingerprint density at radius 2 is 2.12 bits per heavy atom. The predicted molar refractivity (Wildman–Crippen MR) is 99.6 cm³/mol. The minimum atomic E-state index is -0.390. The number of fused-ring (bicyclic) bond motifs is 1. The van der Waals surface area contributed by atoms with Crippen LogP contribution in [0.5, 0.6) is 5.75 Å². The van der Waals surface area contributed by atoms with Gasteiger partial charge in [-0.2, -0.15) is 0 Å². The maximum absolute atomic E-state index is 13.8. The maximum Gasteiger partial charge on any atom is 0.248 e. The Hall–Kier alpha value is -2.66. The van der Waals surface area contributed by atoms with E-state index >= 15 is 0 Å². The largest absolute Gasteiger partial charge is 0.467 e. The molecule has 5 heteroatoms. The van der Waals surface area contributed by atoms with Crippen molar-refractivity contribution in [2.75, 3.05) is 12.1 Å². The number of rotatable bonds is 4. The van der Waals surface area contributed by atoms with Crippen molar-refractivity contribution in [3.05, 3.63) is 64.5 Å². The lowest BCUT2D eigenvalue weighted by Gasteiger charge is -2.19. The molecule has 1 heterocycles. The fourth-order valence-corrected chi connectivity index (χ4v) is 3.01. The minimum Gasteiger partial charge on any atom is -0.467 e. The van der Waals surface area contributed by atoms with Gasteiger partial charge in [-0.1, -0.05) is 32.0 Å². The molecule has 0 unspecified atom stereocenters. The Balaban J connectivity index is 1.83. The van der Waals surface area contributed by atoms with Gasteiger partial charge >= 0.3 is 0 Å². The van der Waals surface area contributed by atoms with Gasteiger partial charge in [-0.25, -0.2) is 4.39 Å². The zero-order valence-corrected chi connectivity index (χ0v) is 15.1. The molecule has 0 bridgehead atoms. The number of ether oxygens (including phenoxy) is 2. The van der Waals surface area contributed by atoms with E-state index in [2.05, 4.69) is 19.2 Å². The number of anilines is 1. The summed E-state index contributed by atoms with van der Waals surface area (Å²) in [4.78, 5) is 12.4. The second kappa shape index (κ2) is 7.70. The summed E-state index contributed by atoms with van der Waals surface area (Å²) in [6.07, 6.45) is 2.96. The zero-order valence-electron chi connectivity index (χ0n) is 15.1. The highest BCUT2D eigenvalue weighted by atomic mass is 19.1. The molecule has 3 rings (SSSR count). The summed E-state index contributed by atoms with van der Waals surface area (Å²) in [5, 5.41) is 2.94. The topological polar surface area (TPSA) is 47.6 Å². The summed E-state index contributed by atoms with van der Waals surface area (Å²) in [7, 11) is 0. The fourth-order valence-electron chi connectivity index (χ4n) is 3.01. The van der Waals surface area contributed by atoms with Crippen molar-refractivity contribution in [2.24, 2.45) is 0 Å². The lowest BCUT2D eigenvalue weighted by molar-refractivity contribution is -0.111. The van der Waals surface area contributed by atoms with E-state index in [4.69, 9.17) is 9.47 Å². The third-order valence-electron chi connectivity index (χ3n) is 4.29. The zero-order chi connectivity index (χ0) is 18.7. The van der Waals surface area contributed by atoms with Crippen LogP contribution in [0.25, 0.3) is 6.08 Å². The Labute approximate surface area is 152 Å². The Morgan fingerprint density at radius 3 is 2.88 bits per heavy atom. The van der Waals surface area contributed by atoms with Gasteiger partial charge in [0.25, 0.3) is 0 Å². The van der Waals surface area contributed by atoms with E-state index < -0.39 is 0 Å². The molecule has 0 saturated heterocycles. The third-order valence-corrected chi connectivity index (χ3v) is 4.29. The number of para-hydroxylation sites is 1. The second-order valence-electron chi connectivity index (χ2n) is 6.61. The fraction of sp³-hybridized carbons (Fsp3) is 0.286. The molecule has 1 aliphatic heterocycles. The first-order chi connectivity index (χ1) is 12.5. The van der Waals surface area contributed by atoms with E-state index in [0.717, 1.165) is 16.8 Å². The normalized spacial score (nSPS) is 13.6. The molecule has 2 aromatic rings. The van der Waals surface area contributed by atoms with Crippen LogP contribution < -0.4 is 10.1 Å². The summed E-state index contributed by atoms with van der Waals surface area (Å²) in [5.74, 6) is 0.184. The molecule has 0 atom stereocenters. The first-order valence-electron chi connectivity index (χ1n) is 8.57. The molecule has 0 radical (unpaired) electrons. The molecule has 1 amide bonds. The van der Waals surface area contributed by atoms with E-state index in [1.807, 2.05) is 25.1 Å². The second-order valence-corrected chi connectivity index (χ2v) is 6.61. The molecule has 136 valence electrons. The number of carbonyl (C=O) groups is 1. The van der Waals surface area contributed by atoms with E-state index in [9.17, 15) is 9.18 Å². The van der Waals surface area contributed by atoms with Gasteiger partial charge in [0.2, 0.25) is 5.91 Å². The lowest BCUT2D eigenvalue weighted by atomic mass is 9.98. The molecule has 26 heavy (non-hydrogen) atoms. The summed E-state index contributed by atoms with van der Waals surface area (Å²) >= 11 is 0. The first-order valence-corrected chi connectivity index (χ1v) is 8.57. The molecular weight excluding hydrogens is 333 g/mol. The molecule has 0 fully saturated rings. The number of aryl methyl sites for hydroxylation is 1. The summed E-state index contributed by atoms with van der Waals surface area (Å²) in [6.45, 7) is 6.53. The highest BCUT2D eigenvalue weighted by Gasteiger charge is 2.16. The van der Waals surface area contributed by atoms with Crippen LogP contribution in [0.1, 0.15) is 42.0 Å². The molecule has 0 aromatic heterocycles. The number of hydrogen-bond donors (Lipinski definition) is 1. The number of benzene rings is 2. The average Bonchev–Trinajstić information content (AvgIpc) is 2.61. The van der Waals surface area contributed by atoms with Gasteiger partial charge in [-0.3, -0.25) is 4.79 Å². The lowest BCUT2D eigenvalue weighted by Crippen LogP contribution is -2.13. The van der Waals surface area contributed by atoms with Gasteiger partial charge in [0.1, 0.15) is 11.6 Å². The average molecular weight is 355 g/mol. The third kappa shape index (κ3) is 3.94. The van der Waals surface area contributed by atoms with Crippen molar-refractivity contribution in [1.82, 2.24) is 0 Å². The van der Waals surface area contributed by atoms with E-state index in [1.54, 1.807) is 6.08 Å². The maximum atomic E-state index is 13.8. The highest BCUT2D eigenvalue weighted by molar-refractivity contribution is 6.03. The number of nitrogens with one attached hydrogen (secondary N) is 1. The van der Waals surface area contributed by atoms with E-state index in [0.29, 0.717) is 23.5 Å². The van der Waals surface area contributed by atoms with Crippen molar-refractivity contribution in [1.29, 1.82) is 0 Å². The van der Waals surface area contributed by atoms with Crippen LogP contribution >= 0.6 is 0 Å². The van der Waals surface area contributed by atoms with Crippen LogP contribution in [0, 0.1) is 12.7 Å². The molecule has 0 spiro atoms. The van der Waals surface area contributed by atoms with Crippen molar-refractivity contribution in [3.63, 3.8) is 0 Å². The minimum absolute atomic E-state index is 0.118. The number of halogens is 1. The molecule has 0 saturated carbocycles. The van der Waals surface area contributed by atoms with E-state index in [1.165, 1.54) is 18.2 Å². The Bertz CT molecular complexity index is 859. The smallest absolute Gasteiger partial charge is 0.248 e. The van der Waals surface area contributed by atoms with Crippen LogP contribution in [-0.4, -0.2) is 12.7 Å². The highest BCUT2D eigenvalue weighted by Crippen LogP contribution is 2.31. The van der Waals surface area contributed by atoms with Gasteiger partial charge in [-0.15, -0.1) is 0 Å². The van der Waals surface area contributed by atoms with Crippen molar-refractivity contribution >= 4 is 17.7 Å². The number of hydrogen-bond acceptors (Lipinski definition) is 3. The van der Waals surface area contributed by atoms with Crippen LogP contribution in [0.3, 0.4) is 0 Å². The van der Waals surface area contributed by atoms with Crippen molar-refractivity contribution < 1.29 is 18.7 Å². The molecular formula is C21H22FNO3. The summed E-state index contributed by atoms with van der Waals surface area (Å²) in [6, 6.07) is 8.68. The molecule has 1 N–H and O–H groups in total. The summed E-state index contributed by atoms with van der Waals surface area (Å²) < 4.78 is 24.4. The Kier molecular flexibility index (Phi) is 5.38. The Morgan fingerprint density at radius 1 is 1.31 bits per heavy atom. The standard InChI is InChI=1S/C21H22FNO3/c1-13(2)18-6-4-5-14(3)20(18)23-19(24)8-7-15-9-17(22)10-16-11-25-12-26-21(15)16/h4-10,13H,11-12H2,1-3H3,(H,23,24)/b8-7+. The molecule has 4 nitrogen and oxygen atoms in total. The van der Waals surface area contributed by atoms with Crippen LogP contribution in [0.15, 0.2) is 36.4 Å². The van der Waals surface area contributed by atoms with Crippen LogP contribution in [0.4, 0.5) is 10.1 Å². The van der Waals surface area contributed by atoms with Gasteiger partial charge in [0.05, 0.1) is 6.61 Å². The van der Waals surface area contributed by atoms with Gasteiger partial charge in [0.15, 0.2) is 6.79 Å². The summed E-state index contributed by atoms with van der Waals surface area (Å²) in [5.41, 5.74) is 4.06.